The molecule has 32 heavy (non-hydrogen) atoms. The highest BCUT2D eigenvalue weighted by atomic mass is 32.2. The molecule has 0 N–H and O–H groups in total. The molecule has 2 aromatic carbocycles. The van der Waals surface area contributed by atoms with Gasteiger partial charge < -0.3 is 9.80 Å². The Morgan fingerprint density at radius 2 is 1.56 bits per heavy atom. The SMILES string of the molecule is O=C(CN(CC1CC1)C(=O)CSc1ccccc1)N(Cc1ccccc1)Cc1cccs1. The van der Waals surface area contributed by atoms with Gasteiger partial charge in [0, 0.05) is 22.9 Å². The Labute approximate surface area is 198 Å². The summed E-state index contributed by atoms with van der Waals surface area (Å²) >= 11 is 3.18. The maximum Gasteiger partial charge on any atom is 0.242 e. The van der Waals surface area contributed by atoms with E-state index >= 15 is 0 Å². The van der Waals surface area contributed by atoms with E-state index in [9.17, 15) is 9.59 Å². The predicted molar refractivity (Wildman–Crippen MR) is 131 cm³/mol. The first-order valence-corrected chi connectivity index (χ1v) is 12.8. The van der Waals surface area contributed by atoms with Crippen molar-refractivity contribution in [1.29, 1.82) is 0 Å². The first kappa shape index (κ1) is 22.6. The van der Waals surface area contributed by atoms with Crippen LogP contribution in [-0.2, 0) is 22.7 Å². The minimum Gasteiger partial charge on any atom is -0.332 e. The molecule has 4 nitrogen and oxygen atoms in total. The van der Waals surface area contributed by atoms with Gasteiger partial charge in [0.25, 0.3) is 0 Å². The minimum absolute atomic E-state index is 0.000893. The summed E-state index contributed by atoms with van der Waals surface area (Å²) in [6, 6.07) is 24.1. The highest BCUT2D eigenvalue weighted by molar-refractivity contribution is 8.00. The van der Waals surface area contributed by atoms with Gasteiger partial charge in [-0.3, -0.25) is 9.59 Å². The van der Waals surface area contributed by atoms with Gasteiger partial charge in [0.2, 0.25) is 11.8 Å². The molecule has 2 amide bonds. The zero-order valence-corrected chi connectivity index (χ0v) is 19.7. The van der Waals surface area contributed by atoms with Crippen LogP contribution in [0.25, 0.3) is 0 Å². The largest absolute Gasteiger partial charge is 0.332 e. The number of carbonyl (C=O) groups excluding carboxylic acids is 2. The fourth-order valence-corrected chi connectivity index (χ4v) is 5.05. The van der Waals surface area contributed by atoms with E-state index in [4.69, 9.17) is 0 Å². The van der Waals surface area contributed by atoms with Crippen LogP contribution in [0, 0.1) is 5.92 Å². The summed E-state index contributed by atoms with van der Waals surface area (Å²) in [6.07, 6.45) is 2.29. The van der Waals surface area contributed by atoms with Crippen molar-refractivity contribution in [2.75, 3.05) is 18.8 Å². The maximum atomic E-state index is 13.4. The molecule has 1 fully saturated rings. The molecule has 1 heterocycles. The van der Waals surface area contributed by atoms with E-state index < -0.39 is 0 Å². The summed E-state index contributed by atoms with van der Waals surface area (Å²) in [5.41, 5.74) is 1.09. The van der Waals surface area contributed by atoms with Crippen molar-refractivity contribution in [2.45, 2.75) is 30.8 Å². The molecule has 1 aliphatic rings. The lowest BCUT2D eigenvalue weighted by molar-refractivity contribution is -0.140. The van der Waals surface area contributed by atoms with Gasteiger partial charge in [-0.05, 0) is 47.9 Å². The average Bonchev–Trinajstić information content (AvgIpc) is 3.49. The van der Waals surface area contributed by atoms with Crippen LogP contribution in [0.2, 0.25) is 0 Å². The third-order valence-corrected chi connectivity index (χ3v) is 7.31. The van der Waals surface area contributed by atoms with E-state index in [0.29, 0.717) is 31.3 Å². The first-order chi connectivity index (χ1) is 15.7. The number of nitrogens with zero attached hydrogens (tertiary/aromatic N) is 2. The smallest absolute Gasteiger partial charge is 0.242 e. The van der Waals surface area contributed by atoms with Crippen molar-refractivity contribution in [3.63, 3.8) is 0 Å². The van der Waals surface area contributed by atoms with Crippen LogP contribution in [0.4, 0.5) is 0 Å². The average molecular weight is 465 g/mol. The summed E-state index contributed by atoms with van der Waals surface area (Å²) in [5.74, 6) is 0.928. The highest BCUT2D eigenvalue weighted by Gasteiger charge is 2.29. The molecule has 166 valence electrons. The molecule has 0 bridgehead atoms. The number of hydrogen-bond acceptors (Lipinski definition) is 4. The first-order valence-electron chi connectivity index (χ1n) is 11.0. The zero-order chi connectivity index (χ0) is 22.2. The van der Waals surface area contributed by atoms with Crippen molar-refractivity contribution in [2.24, 2.45) is 5.92 Å². The van der Waals surface area contributed by atoms with Gasteiger partial charge in [0.05, 0.1) is 18.8 Å². The summed E-state index contributed by atoms with van der Waals surface area (Å²) in [4.78, 5) is 32.3. The lowest BCUT2D eigenvalue weighted by atomic mass is 10.2. The molecular weight excluding hydrogens is 436 g/mol. The molecule has 0 spiro atoms. The molecule has 0 atom stereocenters. The summed E-state index contributed by atoms with van der Waals surface area (Å²) < 4.78 is 0. The van der Waals surface area contributed by atoms with Gasteiger partial charge in [-0.15, -0.1) is 23.1 Å². The molecule has 0 unspecified atom stereocenters. The van der Waals surface area contributed by atoms with Crippen LogP contribution < -0.4 is 0 Å². The normalized spacial score (nSPS) is 13.0. The van der Waals surface area contributed by atoms with Crippen molar-refractivity contribution in [3.05, 3.63) is 88.6 Å². The molecule has 1 aliphatic carbocycles. The van der Waals surface area contributed by atoms with E-state index in [1.165, 1.54) is 11.8 Å². The van der Waals surface area contributed by atoms with Crippen molar-refractivity contribution in [1.82, 2.24) is 9.80 Å². The topological polar surface area (TPSA) is 40.6 Å². The van der Waals surface area contributed by atoms with Gasteiger partial charge in [0.15, 0.2) is 0 Å². The van der Waals surface area contributed by atoms with E-state index in [2.05, 4.69) is 6.07 Å². The number of hydrogen-bond donors (Lipinski definition) is 0. The highest BCUT2D eigenvalue weighted by Crippen LogP contribution is 2.30. The van der Waals surface area contributed by atoms with Gasteiger partial charge in [-0.2, -0.15) is 0 Å². The molecule has 0 radical (unpaired) electrons. The Bertz CT molecular complexity index is 989. The Morgan fingerprint density at radius 3 is 2.22 bits per heavy atom. The number of thiophene rings is 1. The van der Waals surface area contributed by atoms with Crippen LogP contribution in [-0.4, -0.2) is 40.5 Å². The lowest BCUT2D eigenvalue weighted by Crippen LogP contribution is -2.44. The van der Waals surface area contributed by atoms with Crippen LogP contribution in [0.3, 0.4) is 0 Å². The third-order valence-electron chi connectivity index (χ3n) is 5.46. The Kier molecular flexibility index (Phi) is 8.02. The van der Waals surface area contributed by atoms with Crippen LogP contribution in [0.5, 0.6) is 0 Å². The molecule has 0 saturated heterocycles. The zero-order valence-electron chi connectivity index (χ0n) is 18.1. The van der Waals surface area contributed by atoms with Crippen LogP contribution in [0.1, 0.15) is 23.3 Å². The number of carbonyl (C=O) groups is 2. The van der Waals surface area contributed by atoms with Crippen molar-refractivity contribution >= 4 is 34.9 Å². The second-order valence-electron chi connectivity index (χ2n) is 8.13. The van der Waals surface area contributed by atoms with Crippen LogP contribution in [0.15, 0.2) is 83.1 Å². The van der Waals surface area contributed by atoms with Crippen LogP contribution >= 0.6 is 23.1 Å². The van der Waals surface area contributed by atoms with E-state index in [-0.39, 0.29) is 18.4 Å². The fraction of sp³-hybridized carbons (Fsp3) is 0.308. The number of benzene rings is 2. The van der Waals surface area contributed by atoms with E-state index in [1.807, 2.05) is 77.0 Å². The summed E-state index contributed by atoms with van der Waals surface area (Å²) in [7, 11) is 0. The monoisotopic (exact) mass is 464 g/mol. The molecule has 4 rings (SSSR count). The van der Waals surface area contributed by atoms with Gasteiger partial charge in [-0.1, -0.05) is 54.6 Å². The summed E-state index contributed by atoms with van der Waals surface area (Å²) in [5, 5.41) is 2.03. The number of amides is 2. The standard InChI is InChI=1S/C26H28N2O2S2/c29-25(27(18-24-12-7-15-31-24)16-21-8-3-1-4-9-21)19-28(17-22-13-14-22)26(30)20-32-23-10-5-2-6-11-23/h1-12,15,22H,13-14,16-20H2. The summed E-state index contributed by atoms with van der Waals surface area (Å²) in [6.45, 7) is 1.93. The fourth-order valence-electron chi connectivity index (χ4n) is 3.51. The minimum atomic E-state index is 0.000893. The molecule has 6 heteroatoms. The molecule has 1 aromatic heterocycles. The van der Waals surface area contributed by atoms with E-state index in [1.54, 1.807) is 16.2 Å². The second-order valence-corrected chi connectivity index (χ2v) is 10.2. The van der Waals surface area contributed by atoms with Gasteiger partial charge in [0.1, 0.15) is 0 Å². The van der Waals surface area contributed by atoms with Crippen molar-refractivity contribution < 1.29 is 9.59 Å². The molecular formula is C26H28N2O2S2. The van der Waals surface area contributed by atoms with Gasteiger partial charge in [-0.25, -0.2) is 0 Å². The van der Waals surface area contributed by atoms with Crippen molar-refractivity contribution in [3.8, 4) is 0 Å². The quantitative estimate of drug-likeness (QED) is 0.361. The lowest BCUT2D eigenvalue weighted by Gasteiger charge is -2.28. The Balaban J connectivity index is 1.42. The molecule has 3 aromatic rings. The predicted octanol–water partition coefficient (Wildman–Crippen LogP) is 5.31. The second kappa shape index (κ2) is 11.3. The maximum absolute atomic E-state index is 13.4. The molecule has 0 aliphatic heterocycles. The van der Waals surface area contributed by atoms with E-state index in [0.717, 1.165) is 28.2 Å². The Morgan fingerprint density at radius 1 is 0.844 bits per heavy atom. The molecule has 1 saturated carbocycles. The Hall–Kier alpha value is -2.57. The third kappa shape index (κ3) is 6.97. The van der Waals surface area contributed by atoms with Gasteiger partial charge >= 0.3 is 0 Å². The number of thioether (sulfide) groups is 1. The number of rotatable bonds is 11.